The molecule has 8 unspecified atom stereocenters. The van der Waals surface area contributed by atoms with Gasteiger partial charge in [-0.1, -0.05) is 191 Å². The Labute approximate surface area is 583 Å². The molecule has 3 aromatic rings. The Hall–Kier alpha value is -4.86. The van der Waals surface area contributed by atoms with Gasteiger partial charge in [0.25, 0.3) is 0 Å². The number of aliphatic hydroxyl groups excluding tert-OH is 3. The highest BCUT2D eigenvalue weighted by Gasteiger charge is 2.73. The number of halogens is 1. The number of benzene rings is 3. The van der Waals surface area contributed by atoms with Crippen LogP contribution in [0.5, 0.6) is 0 Å². The van der Waals surface area contributed by atoms with Crippen LogP contribution in [0.4, 0.5) is 0 Å². The standard InChI is InChI=1S/C39H56O3.C30H50O2.C9H7ClO.C9H8O2/c1-26(2)28-17-22-39(25-42-33(41)16-13-27-11-9-8-10-12-27)24-23-37(6)29(34(28)39)14-15-31-36(5)20-19-32(40)35(3,4)30(36)18-21-38(31,37)7;1-19(2)20-10-15-30(18-31)17-16-28(6)21(25(20)30)8-9-23-27(5)13-12-24(32)26(3,4)22(27)11-14-29(23,28)7;2*10-9(11)7-6-8-4-2-1-3-5-8/h8-13,16,28-32,34,40H,1,14-15,17-25H2,2-7H3;20-25,31-32H,1,8-18H2,2-7H3;1-7H;1-7H,(H,10,11)/b16-13+;;2*7-6+/t28-,29?,30?,31?,32-,34?,36-,37+,38+,39+;20-,21?,22?,23?,24-,25?,27-,28+,29+,30+;;/m00../s1. The SMILES string of the molecule is C=C(C)[C@@H]1CC[C@]2(CO)CC[C@]3(C)C(CCC4[C@@]5(C)CC[C@H](O)C(C)(C)C5CC[C@]43C)C12.C=C(C)[C@@H]1CC[C@]2(COC(=O)/C=C/c3ccccc3)CC[C@]3(C)C(CCC4[C@@]5(C)CC[C@H](O)C(C)(C)C5CC[C@]43C)C12.O=C(Cl)/C=C/c1ccccc1.O=C(O)/C=C/c1ccccc1. The molecule has 10 aliphatic rings. The zero-order valence-electron chi connectivity index (χ0n) is 60.8. The fourth-order valence-electron chi connectivity index (χ4n) is 25.5. The molecule has 0 spiro atoms. The van der Waals surface area contributed by atoms with E-state index < -0.39 is 11.2 Å². The van der Waals surface area contributed by atoms with E-state index >= 15 is 0 Å². The summed E-state index contributed by atoms with van der Waals surface area (Å²) in [5, 5.41) is 40.4. The second-order valence-corrected chi connectivity index (χ2v) is 35.9. The minimum atomic E-state index is -0.922. The normalized spacial score (nSPS) is 41.2. The Balaban J connectivity index is 0.000000161. The molecule has 3 aromatic carbocycles. The van der Waals surface area contributed by atoms with Crippen molar-refractivity contribution in [1.29, 1.82) is 0 Å². The van der Waals surface area contributed by atoms with Crippen LogP contribution >= 0.6 is 11.6 Å². The molecule has 0 radical (unpaired) electrons. The van der Waals surface area contributed by atoms with Gasteiger partial charge in [0.15, 0.2) is 0 Å². The summed E-state index contributed by atoms with van der Waals surface area (Å²) in [7, 11) is 0. The molecule has 0 bridgehead atoms. The zero-order valence-corrected chi connectivity index (χ0v) is 61.6. The van der Waals surface area contributed by atoms with Gasteiger partial charge in [-0.15, -0.1) is 0 Å². The lowest BCUT2D eigenvalue weighted by atomic mass is 9.32. The Morgan fingerprint density at radius 1 is 0.469 bits per heavy atom. The molecule has 8 nitrogen and oxygen atoms in total. The Morgan fingerprint density at radius 2 is 0.854 bits per heavy atom. The molecular weight excluding hydrogens is 1210 g/mol. The Bertz CT molecular complexity index is 3290. The average molecular weight is 1330 g/mol. The van der Waals surface area contributed by atoms with Gasteiger partial charge < -0.3 is 25.2 Å². The minimum absolute atomic E-state index is 0.0108. The number of aliphatic carboxylic acids is 1. The van der Waals surface area contributed by atoms with Crippen molar-refractivity contribution in [3.63, 3.8) is 0 Å². The van der Waals surface area contributed by atoms with Crippen LogP contribution in [-0.4, -0.2) is 63.0 Å². The first-order valence-electron chi connectivity index (χ1n) is 37.3. The molecule has 0 aromatic heterocycles. The van der Waals surface area contributed by atoms with E-state index in [-0.39, 0.29) is 45.3 Å². The molecule has 20 atom stereocenters. The van der Waals surface area contributed by atoms with Gasteiger partial charge in [0, 0.05) is 24.2 Å². The van der Waals surface area contributed by atoms with Crippen molar-refractivity contribution < 1.29 is 39.5 Å². The van der Waals surface area contributed by atoms with Crippen molar-refractivity contribution in [3.05, 3.63) is 150 Å². The van der Waals surface area contributed by atoms with Crippen LogP contribution in [-0.2, 0) is 19.1 Å². The van der Waals surface area contributed by atoms with Crippen LogP contribution < -0.4 is 0 Å². The van der Waals surface area contributed by atoms with Crippen LogP contribution in [0, 0.1) is 113 Å². The number of hydrogen-bond acceptors (Lipinski definition) is 7. The molecule has 10 fully saturated rings. The number of rotatable bonds is 11. The van der Waals surface area contributed by atoms with Gasteiger partial charge in [-0.05, 0) is 297 Å². The van der Waals surface area contributed by atoms with E-state index in [4.69, 9.17) is 21.4 Å². The highest BCUT2D eigenvalue weighted by molar-refractivity contribution is 6.66. The van der Waals surface area contributed by atoms with Crippen LogP contribution in [0.1, 0.15) is 228 Å². The summed E-state index contributed by atoms with van der Waals surface area (Å²) in [6.45, 7) is 39.7. The Morgan fingerprint density at radius 3 is 1.25 bits per heavy atom. The smallest absolute Gasteiger partial charge is 0.330 e. The third-order valence-electron chi connectivity index (χ3n) is 30.9. The molecule has 0 heterocycles. The number of esters is 1. The van der Waals surface area contributed by atoms with Crippen molar-refractivity contribution >= 4 is 47.0 Å². The zero-order chi connectivity index (χ0) is 69.7. The highest BCUT2D eigenvalue weighted by atomic mass is 35.5. The molecular formula is C87H121ClO8. The molecule has 0 aliphatic heterocycles. The van der Waals surface area contributed by atoms with Crippen molar-refractivity contribution in [3.8, 4) is 0 Å². The minimum Gasteiger partial charge on any atom is -0.478 e. The third-order valence-corrected chi connectivity index (χ3v) is 31.0. The fraction of sp³-hybridized carbons (Fsp3) is 0.644. The predicted molar refractivity (Wildman–Crippen MR) is 393 cm³/mol. The van der Waals surface area contributed by atoms with Crippen LogP contribution in [0.15, 0.2) is 134 Å². The maximum Gasteiger partial charge on any atom is 0.330 e. The van der Waals surface area contributed by atoms with Gasteiger partial charge in [0.05, 0.1) is 18.8 Å². The average Bonchev–Trinajstić information content (AvgIpc) is 1.05. The molecule has 524 valence electrons. The van der Waals surface area contributed by atoms with Gasteiger partial charge in [-0.3, -0.25) is 4.79 Å². The first-order valence-corrected chi connectivity index (χ1v) is 37.7. The summed E-state index contributed by atoms with van der Waals surface area (Å²) in [6.07, 6.45) is 33.1. The van der Waals surface area contributed by atoms with E-state index in [0.29, 0.717) is 87.6 Å². The van der Waals surface area contributed by atoms with Crippen molar-refractivity contribution in [2.24, 2.45) is 113 Å². The van der Waals surface area contributed by atoms with Crippen molar-refractivity contribution in [2.75, 3.05) is 13.2 Å². The van der Waals surface area contributed by atoms with E-state index in [2.05, 4.69) is 96.2 Å². The molecule has 9 heteroatoms. The van der Waals surface area contributed by atoms with Gasteiger partial charge >= 0.3 is 11.9 Å². The number of carboxylic acids is 1. The summed E-state index contributed by atoms with van der Waals surface area (Å²) in [5.74, 6) is 5.17. The molecule has 0 saturated heterocycles. The van der Waals surface area contributed by atoms with Crippen LogP contribution in [0.2, 0.25) is 0 Å². The maximum atomic E-state index is 12.9. The van der Waals surface area contributed by atoms with Crippen LogP contribution in [0.3, 0.4) is 0 Å². The van der Waals surface area contributed by atoms with Crippen LogP contribution in [0.25, 0.3) is 18.2 Å². The highest BCUT2D eigenvalue weighted by Crippen LogP contribution is 2.80. The van der Waals surface area contributed by atoms with E-state index in [1.165, 1.54) is 114 Å². The second-order valence-electron chi connectivity index (χ2n) is 35.5. The molecule has 13 rings (SSSR count). The second kappa shape index (κ2) is 28.3. The fourth-order valence-corrected chi connectivity index (χ4v) is 25.6. The number of fused-ring (bicyclic) bond motifs is 14. The monoisotopic (exact) mass is 1330 g/mol. The summed E-state index contributed by atoms with van der Waals surface area (Å²) in [5.41, 5.74) is 7.73. The molecule has 4 N–H and O–H groups in total. The summed E-state index contributed by atoms with van der Waals surface area (Å²) < 4.78 is 6.12. The number of carbonyl (C=O) groups is 3. The van der Waals surface area contributed by atoms with Gasteiger partial charge in [-0.2, -0.15) is 0 Å². The van der Waals surface area contributed by atoms with E-state index in [1.54, 1.807) is 18.2 Å². The Kier molecular flexibility index (Phi) is 21.8. The van der Waals surface area contributed by atoms with Crippen molar-refractivity contribution in [2.45, 2.75) is 224 Å². The van der Waals surface area contributed by atoms with Crippen molar-refractivity contribution in [1.82, 2.24) is 0 Å². The lowest BCUT2D eigenvalue weighted by Crippen LogP contribution is -2.66. The van der Waals surface area contributed by atoms with Gasteiger partial charge in [-0.25, -0.2) is 9.59 Å². The number of carbonyl (C=O) groups excluding carboxylic acids is 2. The summed E-state index contributed by atoms with van der Waals surface area (Å²) in [4.78, 5) is 33.3. The number of hydrogen-bond donors (Lipinski definition) is 4. The van der Waals surface area contributed by atoms with E-state index in [0.717, 1.165) is 66.7 Å². The number of allylic oxidation sites excluding steroid dienone is 3. The topological polar surface area (TPSA) is 141 Å². The lowest BCUT2D eigenvalue weighted by Gasteiger charge is -2.73. The number of carboxylic acid groups (broad SMARTS) is 1. The number of ether oxygens (including phenoxy) is 1. The van der Waals surface area contributed by atoms with Gasteiger partial charge in [0.1, 0.15) is 0 Å². The van der Waals surface area contributed by atoms with E-state index in [9.17, 15) is 29.7 Å². The molecule has 10 aliphatic carbocycles. The lowest BCUT2D eigenvalue weighted by molar-refractivity contribution is -0.249. The maximum absolute atomic E-state index is 12.9. The molecule has 10 saturated carbocycles. The summed E-state index contributed by atoms with van der Waals surface area (Å²) in [6, 6.07) is 28.8. The predicted octanol–water partition coefficient (Wildman–Crippen LogP) is 20.5. The largest absolute Gasteiger partial charge is 0.478 e. The number of aliphatic hydroxyl groups is 3. The first-order chi connectivity index (χ1) is 45.2. The van der Waals surface area contributed by atoms with Gasteiger partial charge in [0.2, 0.25) is 5.24 Å². The molecule has 0 amide bonds. The quantitative estimate of drug-likeness (QED) is 0.0644. The summed E-state index contributed by atoms with van der Waals surface area (Å²) >= 11 is 5.10. The molecule has 96 heavy (non-hydrogen) atoms. The third kappa shape index (κ3) is 13.2. The first kappa shape index (κ1) is 73.8. The van der Waals surface area contributed by atoms with E-state index in [1.807, 2.05) is 97.1 Å².